The molecule has 2 aromatic rings. The SMILES string of the molecule is CC(C)c1c([N+](C)=O)cnn1Cc1ccc(C#N)cc1. The maximum Gasteiger partial charge on any atom is 0.296 e. The van der Waals surface area contributed by atoms with Gasteiger partial charge >= 0.3 is 0 Å². The summed E-state index contributed by atoms with van der Waals surface area (Å²) >= 11 is 0. The molecule has 0 fully saturated rings. The third-order valence-electron chi connectivity index (χ3n) is 3.16. The molecule has 5 heteroatoms. The number of rotatable bonds is 4. The Bertz CT molecular complexity index is 662. The summed E-state index contributed by atoms with van der Waals surface area (Å²) in [5.74, 6) is 0.210. The molecule has 5 nitrogen and oxygen atoms in total. The maximum atomic E-state index is 11.5. The van der Waals surface area contributed by atoms with E-state index < -0.39 is 0 Å². The molecule has 0 atom stereocenters. The average molecular weight is 269 g/mol. The lowest BCUT2D eigenvalue weighted by Gasteiger charge is -2.09. The minimum absolute atomic E-state index is 0.210. The van der Waals surface area contributed by atoms with Crippen LogP contribution in [0.4, 0.5) is 5.69 Å². The van der Waals surface area contributed by atoms with E-state index in [9.17, 15) is 4.91 Å². The molecule has 0 amide bonds. The molecule has 102 valence electrons. The first kappa shape index (κ1) is 13.9. The third-order valence-corrected chi connectivity index (χ3v) is 3.16. The van der Waals surface area contributed by atoms with Crippen LogP contribution in [-0.2, 0) is 6.54 Å². The quantitative estimate of drug-likeness (QED) is 0.802. The van der Waals surface area contributed by atoms with Crippen LogP contribution in [0.2, 0.25) is 0 Å². The summed E-state index contributed by atoms with van der Waals surface area (Å²) in [7, 11) is 1.48. The number of nitriles is 1. The van der Waals surface area contributed by atoms with Crippen LogP contribution in [-0.4, -0.2) is 21.6 Å². The third kappa shape index (κ3) is 2.75. The Hall–Kier alpha value is -2.48. The minimum atomic E-state index is 0.210. The fourth-order valence-electron chi connectivity index (χ4n) is 2.20. The van der Waals surface area contributed by atoms with E-state index in [4.69, 9.17) is 5.26 Å². The van der Waals surface area contributed by atoms with Gasteiger partial charge in [-0.1, -0.05) is 26.0 Å². The number of nitrogens with zero attached hydrogens (tertiary/aromatic N) is 4. The lowest BCUT2D eigenvalue weighted by Crippen LogP contribution is -2.09. The van der Waals surface area contributed by atoms with Crippen LogP contribution in [0.25, 0.3) is 0 Å². The Morgan fingerprint density at radius 1 is 1.35 bits per heavy atom. The van der Waals surface area contributed by atoms with Crippen molar-refractivity contribution in [3.63, 3.8) is 0 Å². The van der Waals surface area contributed by atoms with Crippen molar-refractivity contribution in [2.45, 2.75) is 26.3 Å². The summed E-state index contributed by atoms with van der Waals surface area (Å²) in [4.78, 5) is 11.5. The Balaban J connectivity index is 2.33. The van der Waals surface area contributed by atoms with Gasteiger partial charge < -0.3 is 0 Å². The second kappa shape index (κ2) is 5.66. The molecule has 0 radical (unpaired) electrons. The van der Waals surface area contributed by atoms with E-state index in [-0.39, 0.29) is 5.92 Å². The Kier molecular flexibility index (Phi) is 3.94. The van der Waals surface area contributed by atoms with Gasteiger partial charge in [0.15, 0.2) is 7.05 Å². The zero-order chi connectivity index (χ0) is 14.7. The lowest BCUT2D eigenvalue weighted by molar-refractivity contribution is -0.429. The smallest absolute Gasteiger partial charge is 0.258 e. The van der Waals surface area contributed by atoms with E-state index in [0.29, 0.717) is 17.8 Å². The van der Waals surface area contributed by atoms with Gasteiger partial charge in [0.05, 0.1) is 18.2 Å². The van der Waals surface area contributed by atoms with Crippen molar-refractivity contribution in [1.82, 2.24) is 9.78 Å². The lowest BCUT2D eigenvalue weighted by atomic mass is 10.1. The van der Waals surface area contributed by atoms with Gasteiger partial charge in [0.25, 0.3) is 5.69 Å². The van der Waals surface area contributed by atoms with E-state index in [2.05, 4.69) is 11.2 Å². The number of aromatic nitrogens is 2. The highest BCUT2D eigenvalue weighted by Crippen LogP contribution is 2.26. The largest absolute Gasteiger partial charge is 0.296 e. The summed E-state index contributed by atoms with van der Waals surface area (Å²) in [6.45, 7) is 4.67. The van der Waals surface area contributed by atoms with Crippen molar-refractivity contribution >= 4 is 5.69 Å². The molecule has 0 N–H and O–H groups in total. The Morgan fingerprint density at radius 3 is 2.50 bits per heavy atom. The minimum Gasteiger partial charge on any atom is -0.258 e. The molecule has 0 bridgehead atoms. The molecule has 1 aromatic carbocycles. The normalized spacial score (nSPS) is 10.6. The second-order valence-corrected chi connectivity index (χ2v) is 5.03. The molecule has 0 aliphatic rings. The fraction of sp³-hybridized carbons (Fsp3) is 0.333. The van der Waals surface area contributed by atoms with E-state index in [0.717, 1.165) is 16.0 Å². The van der Waals surface area contributed by atoms with Gasteiger partial charge in [-0.15, -0.1) is 0 Å². The number of hydrogen-bond donors (Lipinski definition) is 0. The van der Waals surface area contributed by atoms with Crippen molar-refractivity contribution in [2.24, 2.45) is 0 Å². The van der Waals surface area contributed by atoms with Crippen LogP contribution in [0, 0.1) is 16.2 Å². The monoisotopic (exact) mass is 269 g/mol. The highest BCUT2D eigenvalue weighted by atomic mass is 16.3. The molecule has 0 spiro atoms. The Labute approximate surface area is 118 Å². The van der Waals surface area contributed by atoms with E-state index in [1.54, 1.807) is 18.3 Å². The number of nitroso groups, excluding NO2 is 1. The fourth-order valence-corrected chi connectivity index (χ4v) is 2.20. The van der Waals surface area contributed by atoms with Crippen LogP contribution in [0.5, 0.6) is 0 Å². The second-order valence-electron chi connectivity index (χ2n) is 5.03. The van der Waals surface area contributed by atoms with Crippen LogP contribution < -0.4 is 0 Å². The van der Waals surface area contributed by atoms with Crippen molar-refractivity contribution in [1.29, 1.82) is 5.26 Å². The summed E-state index contributed by atoms with van der Waals surface area (Å²) in [5.41, 5.74) is 3.22. The van der Waals surface area contributed by atoms with Gasteiger partial charge in [0.2, 0.25) is 0 Å². The van der Waals surface area contributed by atoms with Crippen molar-refractivity contribution in [3.8, 4) is 6.07 Å². The molecular weight excluding hydrogens is 252 g/mol. The first-order chi connectivity index (χ1) is 9.52. The van der Waals surface area contributed by atoms with E-state index in [1.807, 2.05) is 30.7 Å². The molecular formula is C15H17N4O+. The van der Waals surface area contributed by atoms with Gasteiger partial charge in [0, 0.05) is 15.6 Å². The van der Waals surface area contributed by atoms with Crippen molar-refractivity contribution in [2.75, 3.05) is 7.05 Å². The van der Waals surface area contributed by atoms with E-state index in [1.165, 1.54) is 7.05 Å². The number of hydrogen-bond acceptors (Lipinski definition) is 3. The zero-order valence-electron chi connectivity index (χ0n) is 11.9. The molecule has 1 aromatic heterocycles. The highest BCUT2D eigenvalue weighted by Gasteiger charge is 2.23. The van der Waals surface area contributed by atoms with Crippen LogP contribution in [0.15, 0.2) is 30.5 Å². The molecule has 2 rings (SSSR count). The average Bonchev–Trinajstić information content (AvgIpc) is 2.83. The van der Waals surface area contributed by atoms with Gasteiger partial charge in [-0.05, 0) is 17.7 Å². The van der Waals surface area contributed by atoms with Crippen LogP contribution in [0.3, 0.4) is 0 Å². The van der Waals surface area contributed by atoms with Gasteiger partial charge in [-0.2, -0.15) is 10.4 Å². The molecule has 0 saturated carbocycles. The highest BCUT2D eigenvalue weighted by molar-refractivity contribution is 5.36. The predicted octanol–water partition coefficient (Wildman–Crippen LogP) is 2.97. The van der Waals surface area contributed by atoms with E-state index >= 15 is 0 Å². The maximum absolute atomic E-state index is 11.5. The molecule has 0 saturated heterocycles. The molecule has 0 aliphatic carbocycles. The Morgan fingerprint density at radius 2 is 2.00 bits per heavy atom. The first-order valence-electron chi connectivity index (χ1n) is 6.48. The summed E-state index contributed by atoms with van der Waals surface area (Å²) in [6, 6.07) is 9.48. The van der Waals surface area contributed by atoms with Crippen molar-refractivity contribution < 1.29 is 4.76 Å². The topological polar surface area (TPSA) is 61.7 Å². The van der Waals surface area contributed by atoms with Crippen LogP contribution in [0.1, 0.15) is 36.6 Å². The van der Waals surface area contributed by atoms with Gasteiger partial charge in [-0.3, -0.25) is 4.68 Å². The molecule has 0 unspecified atom stereocenters. The van der Waals surface area contributed by atoms with Gasteiger partial charge in [0.1, 0.15) is 11.9 Å². The van der Waals surface area contributed by atoms with Crippen molar-refractivity contribution in [3.05, 3.63) is 52.2 Å². The van der Waals surface area contributed by atoms with Crippen LogP contribution >= 0.6 is 0 Å². The molecule has 0 aliphatic heterocycles. The number of benzene rings is 1. The summed E-state index contributed by atoms with van der Waals surface area (Å²) in [5, 5.41) is 13.1. The summed E-state index contributed by atoms with van der Waals surface area (Å²) < 4.78 is 2.69. The summed E-state index contributed by atoms with van der Waals surface area (Å²) in [6.07, 6.45) is 1.60. The zero-order valence-corrected chi connectivity index (χ0v) is 11.9. The van der Waals surface area contributed by atoms with Gasteiger partial charge in [-0.25, -0.2) is 0 Å². The first-order valence-corrected chi connectivity index (χ1v) is 6.48. The molecule has 20 heavy (non-hydrogen) atoms. The predicted molar refractivity (Wildman–Crippen MR) is 75.8 cm³/mol. The standard InChI is InChI=1S/C15H17N4O/c1-11(2)15-14(18(3)20)9-17-19(15)10-13-6-4-12(8-16)5-7-13/h4-7,9,11H,10H2,1-3H3/q+1. The molecule has 1 heterocycles.